The van der Waals surface area contributed by atoms with E-state index in [9.17, 15) is 0 Å². The molecular formula is C10H14ClNO2. The van der Waals surface area contributed by atoms with E-state index in [1.54, 1.807) is 25.3 Å². The molecule has 0 heterocycles. The Kier molecular flexibility index (Phi) is 4.20. The molecule has 1 aromatic rings. The van der Waals surface area contributed by atoms with E-state index in [2.05, 4.69) is 0 Å². The number of hydrogen-bond donors (Lipinski definition) is 2. The van der Waals surface area contributed by atoms with Crippen LogP contribution in [0, 0.1) is 0 Å². The Morgan fingerprint density at radius 2 is 2.29 bits per heavy atom. The van der Waals surface area contributed by atoms with Gasteiger partial charge >= 0.3 is 0 Å². The molecule has 0 amide bonds. The second kappa shape index (κ2) is 5.20. The van der Waals surface area contributed by atoms with Crippen molar-refractivity contribution in [3.05, 3.63) is 28.8 Å². The molecule has 0 saturated carbocycles. The molecule has 0 aromatic heterocycles. The van der Waals surface area contributed by atoms with Crippen molar-refractivity contribution in [1.82, 2.24) is 0 Å². The fourth-order valence-electron chi connectivity index (χ4n) is 1.29. The van der Waals surface area contributed by atoms with Crippen LogP contribution in [0.4, 0.5) is 0 Å². The fraction of sp³-hybridized carbons (Fsp3) is 0.400. The molecule has 1 aromatic carbocycles. The molecule has 0 radical (unpaired) electrons. The number of methoxy groups -OCH3 is 1. The van der Waals surface area contributed by atoms with Gasteiger partial charge in [-0.05, 0) is 24.6 Å². The minimum atomic E-state index is -0.242. The number of aliphatic hydroxyl groups is 1. The molecule has 1 unspecified atom stereocenters. The Balaban J connectivity index is 2.97. The summed E-state index contributed by atoms with van der Waals surface area (Å²) in [6.07, 6.45) is 0.497. The Morgan fingerprint density at radius 1 is 1.57 bits per heavy atom. The van der Waals surface area contributed by atoms with Crippen molar-refractivity contribution >= 4 is 11.6 Å². The number of nitrogens with two attached hydrogens (primary N) is 1. The zero-order valence-electron chi connectivity index (χ0n) is 8.03. The maximum atomic E-state index is 8.78. The molecule has 78 valence electrons. The second-order valence-corrected chi connectivity index (χ2v) is 3.44. The lowest BCUT2D eigenvalue weighted by Gasteiger charge is -2.14. The summed E-state index contributed by atoms with van der Waals surface area (Å²) in [5.41, 5.74) is 6.68. The first-order valence-electron chi connectivity index (χ1n) is 4.39. The van der Waals surface area contributed by atoms with Gasteiger partial charge in [-0.3, -0.25) is 0 Å². The maximum Gasteiger partial charge on any atom is 0.123 e. The molecule has 0 aliphatic carbocycles. The van der Waals surface area contributed by atoms with Crippen molar-refractivity contribution in [3.63, 3.8) is 0 Å². The molecule has 0 spiro atoms. The average Bonchev–Trinajstić information content (AvgIpc) is 2.18. The van der Waals surface area contributed by atoms with E-state index < -0.39 is 0 Å². The minimum Gasteiger partial charge on any atom is -0.496 e. The van der Waals surface area contributed by atoms with E-state index >= 15 is 0 Å². The standard InChI is InChI=1S/C10H14ClNO2/c1-14-10-3-2-7(11)6-8(10)9(12)4-5-13/h2-3,6,9,13H,4-5,12H2,1H3. The molecule has 0 bridgehead atoms. The summed E-state index contributed by atoms with van der Waals surface area (Å²) in [6.45, 7) is 0.0524. The van der Waals surface area contributed by atoms with Crippen LogP contribution in [0.2, 0.25) is 5.02 Å². The molecule has 0 saturated heterocycles. The Morgan fingerprint density at radius 3 is 2.86 bits per heavy atom. The van der Waals surface area contributed by atoms with Gasteiger partial charge in [0.1, 0.15) is 5.75 Å². The van der Waals surface area contributed by atoms with Crippen molar-refractivity contribution in [2.75, 3.05) is 13.7 Å². The average molecular weight is 216 g/mol. The summed E-state index contributed by atoms with van der Waals surface area (Å²) in [5, 5.41) is 9.40. The van der Waals surface area contributed by atoms with Crippen molar-refractivity contribution < 1.29 is 9.84 Å². The van der Waals surface area contributed by atoms with Crippen LogP contribution in [0.15, 0.2) is 18.2 Å². The Labute approximate surface area is 88.4 Å². The Bertz CT molecular complexity index is 304. The largest absolute Gasteiger partial charge is 0.496 e. The van der Waals surface area contributed by atoms with Gasteiger partial charge in [-0.25, -0.2) is 0 Å². The Hall–Kier alpha value is -0.770. The van der Waals surface area contributed by atoms with Gasteiger partial charge in [-0.2, -0.15) is 0 Å². The first-order chi connectivity index (χ1) is 6.69. The number of ether oxygens (including phenoxy) is 1. The van der Waals surface area contributed by atoms with Crippen molar-refractivity contribution in [2.24, 2.45) is 5.73 Å². The molecule has 0 aliphatic heterocycles. The molecule has 3 N–H and O–H groups in total. The van der Waals surface area contributed by atoms with E-state index in [1.165, 1.54) is 0 Å². The van der Waals surface area contributed by atoms with Crippen LogP contribution < -0.4 is 10.5 Å². The van der Waals surface area contributed by atoms with E-state index in [1.807, 2.05) is 0 Å². The smallest absolute Gasteiger partial charge is 0.123 e. The van der Waals surface area contributed by atoms with E-state index in [-0.39, 0.29) is 12.6 Å². The predicted molar refractivity (Wildman–Crippen MR) is 56.6 cm³/mol. The van der Waals surface area contributed by atoms with Crippen molar-refractivity contribution in [3.8, 4) is 5.75 Å². The van der Waals surface area contributed by atoms with Gasteiger partial charge in [-0.1, -0.05) is 11.6 Å². The van der Waals surface area contributed by atoms with E-state index in [4.69, 9.17) is 27.2 Å². The predicted octanol–water partition coefficient (Wildman–Crippen LogP) is 1.73. The summed E-state index contributed by atoms with van der Waals surface area (Å²) >= 11 is 5.84. The van der Waals surface area contributed by atoms with Gasteiger partial charge in [0.15, 0.2) is 0 Å². The first kappa shape index (κ1) is 11.3. The molecular weight excluding hydrogens is 202 g/mol. The highest BCUT2D eigenvalue weighted by Crippen LogP contribution is 2.28. The zero-order valence-corrected chi connectivity index (χ0v) is 8.79. The van der Waals surface area contributed by atoms with Gasteiger partial charge in [0.25, 0.3) is 0 Å². The summed E-state index contributed by atoms with van der Waals surface area (Å²) in [7, 11) is 1.58. The quantitative estimate of drug-likeness (QED) is 0.805. The highest BCUT2D eigenvalue weighted by atomic mass is 35.5. The van der Waals surface area contributed by atoms with Crippen LogP contribution in [0.1, 0.15) is 18.0 Å². The van der Waals surface area contributed by atoms with E-state index in [0.717, 1.165) is 5.56 Å². The number of hydrogen-bond acceptors (Lipinski definition) is 3. The number of benzene rings is 1. The lowest BCUT2D eigenvalue weighted by atomic mass is 10.0. The molecule has 3 nitrogen and oxygen atoms in total. The van der Waals surface area contributed by atoms with Gasteiger partial charge < -0.3 is 15.6 Å². The first-order valence-corrected chi connectivity index (χ1v) is 4.76. The summed E-state index contributed by atoms with van der Waals surface area (Å²) in [6, 6.07) is 5.04. The molecule has 14 heavy (non-hydrogen) atoms. The zero-order chi connectivity index (χ0) is 10.6. The molecule has 0 aliphatic rings. The third kappa shape index (κ3) is 2.61. The number of aliphatic hydroxyl groups excluding tert-OH is 1. The second-order valence-electron chi connectivity index (χ2n) is 3.01. The summed E-state index contributed by atoms with van der Waals surface area (Å²) < 4.78 is 5.15. The monoisotopic (exact) mass is 215 g/mol. The fourth-order valence-corrected chi connectivity index (χ4v) is 1.47. The molecule has 1 atom stereocenters. The highest BCUT2D eigenvalue weighted by molar-refractivity contribution is 6.30. The lowest BCUT2D eigenvalue weighted by Crippen LogP contribution is -2.13. The molecule has 1 rings (SSSR count). The minimum absolute atomic E-state index is 0.0524. The molecule has 0 fully saturated rings. The summed E-state index contributed by atoms with van der Waals surface area (Å²) in [4.78, 5) is 0. The van der Waals surface area contributed by atoms with Crippen LogP contribution in [-0.2, 0) is 0 Å². The van der Waals surface area contributed by atoms with Gasteiger partial charge in [0, 0.05) is 23.2 Å². The van der Waals surface area contributed by atoms with Crippen molar-refractivity contribution in [1.29, 1.82) is 0 Å². The van der Waals surface area contributed by atoms with Crippen LogP contribution in [0.25, 0.3) is 0 Å². The number of halogens is 1. The highest BCUT2D eigenvalue weighted by Gasteiger charge is 2.11. The van der Waals surface area contributed by atoms with Gasteiger partial charge in [0.05, 0.1) is 7.11 Å². The van der Waals surface area contributed by atoms with Gasteiger partial charge in [0.2, 0.25) is 0 Å². The van der Waals surface area contributed by atoms with Crippen LogP contribution in [-0.4, -0.2) is 18.8 Å². The third-order valence-corrected chi connectivity index (χ3v) is 2.27. The SMILES string of the molecule is COc1ccc(Cl)cc1C(N)CCO. The summed E-state index contributed by atoms with van der Waals surface area (Å²) in [5.74, 6) is 0.704. The van der Waals surface area contributed by atoms with E-state index in [0.29, 0.717) is 17.2 Å². The third-order valence-electron chi connectivity index (χ3n) is 2.03. The lowest BCUT2D eigenvalue weighted by molar-refractivity contribution is 0.275. The number of rotatable bonds is 4. The molecule has 4 heteroatoms. The van der Waals surface area contributed by atoms with Gasteiger partial charge in [-0.15, -0.1) is 0 Å². The van der Waals surface area contributed by atoms with Crippen LogP contribution in [0.3, 0.4) is 0 Å². The maximum absolute atomic E-state index is 8.78. The normalized spacial score (nSPS) is 12.6. The van der Waals surface area contributed by atoms with Crippen molar-refractivity contribution in [2.45, 2.75) is 12.5 Å². The van der Waals surface area contributed by atoms with Crippen LogP contribution >= 0.6 is 11.6 Å². The topological polar surface area (TPSA) is 55.5 Å². The van der Waals surface area contributed by atoms with Crippen LogP contribution in [0.5, 0.6) is 5.75 Å².